The number of aromatic nitrogens is 2. The molecule has 1 aliphatic heterocycles. The summed E-state index contributed by atoms with van der Waals surface area (Å²) in [4.78, 5) is 26.7. The van der Waals surface area contributed by atoms with Crippen LogP contribution in [0, 0.1) is 6.92 Å². The lowest BCUT2D eigenvalue weighted by atomic mass is 10.2. The molecule has 4 rings (SSSR count). The lowest BCUT2D eigenvalue weighted by Crippen LogP contribution is -2.48. The molecule has 1 aliphatic rings. The Morgan fingerprint density at radius 2 is 1.81 bits per heavy atom. The monoisotopic (exact) mass is 364 g/mol. The van der Waals surface area contributed by atoms with Gasteiger partial charge in [-0.15, -0.1) is 11.3 Å². The van der Waals surface area contributed by atoms with E-state index in [2.05, 4.69) is 27.0 Å². The van der Waals surface area contributed by atoms with E-state index in [9.17, 15) is 4.79 Å². The molecule has 3 heterocycles. The molecule has 0 unspecified atom stereocenters. The van der Waals surface area contributed by atoms with Crippen LogP contribution in [0.2, 0.25) is 0 Å². The molecule has 1 saturated heterocycles. The quantitative estimate of drug-likeness (QED) is 0.714. The molecule has 0 atom stereocenters. The van der Waals surface area contributed by atoms with Gasteiger partial charge in [0, 0.05) is 49.8 Å². The Morgan fingerprint density at radius 1 is 1.04 bits per heavy atom. The predicted molar refractivity (Wildman–Crippen MR) is 105 cm³/mol. The molecule has 1 aromatic carbocycles. The standard InChI is InChI=1S/C20H20N4OS/c1-15-18(26-19(22-15)16-6-5-9-21-14-16)20(25)24-12-10-23(11-13-24)17-7-3-2-4-8-17/h2-9,14H,10-13H2,1H3. The summed E-state index contributed by atoms with van der Waals surface area (Å²) in [5.74, 6) is 0.0860. The highest BCUT2D eigenvalue weighted by atomic mass is 32.1. The summed E-state index contributed by atoms with van der Waals surface area (Å²) < 4.78 is 0. The van der Waals surface area contributed by atoms with E-state index in [-0.39, 0.29) is 5.91 Å². The van der Waals surface area contributed by atoms with Crippen molar-refractivity contribution in [2.75, 3.05) is 31.1 Å². The highest BCUT2D eigenvalue weighted by molar-refractivity contribution is 7.17. The summed E-state index contributed by atoms with van der Waals surface area (Å²) in [5, 5.41) is 0.849. The van der Waals surface area contributed by atoms with Crippen LogP contribution in [0.3, 0.4) is 0 Å². The van der Waals surface area contributed by atoms with Gasteiger partial charge in [0.1, 0.15) is 9.88 Å². The molecule has 132 valence electrons. The van der Waals surface area contributed by atoms with Gasteiger partial charge < -0.3 is 9.80 Å². The molecule has 2 aromatic heterocycles. The number of benzene rings is 1. The number of nitrogens with zero attached hydrogens (tertiary/aromatic N) is 4. The lowest BCUT2D eigenvalue weighted by Gasteiger charge is -2.36. The van der Waals surface area contributed by atoms with Crippen LogP contribution in [-0.4, -0.2) is 47.0 Å². The van der Waals surface area contributed by atoms with E-state index in [4.69, 9.17) is 0 Å². The van der Waals surface area contributed by atoms with E-state index in [0.717, 1.165) is 47.3 Å². The number of carbonyl (C=O) groups is 1. The molecule has 1 amide bonds. The third-order valence-electron chi connectivity index (χ3n) is 4.59. The maximum absolute atomic E-state index is 13.0. The van der Waals surface area contributed by atoms with E-state index in [0.29, 0.717) is 0 Å². The van der Waals surface area contributed by atoms with Crippen molar-refractivity contribution in [3.8, 4) is 10.6 Å². The fourth-order valence-corrected chi connectivity index (χ4v) is 4.18. The van der Waals surface area contributed by atoms with Gasteiger partial charge in [-0.25, -0.2) is 4.98 Å². The zero-order chi connectivity index (χ0) is 17.9. The topological polar surface area (TPSA) is 49.3 Å². The van der Waals surface area contributed by atoms with E-state index >= 15 is 0 Å². The summed E-state index contributed by atoms with van der Waals surface area (Å²) >= 11 is 1.46. The van der Waals surface area contributed by atoms with Crippen molar-refractivity contribution in [3.63, 3.8) is 0 Å². The van der Waals surface area contributed by atoms with Crippen molar-refractivity contribution in [2.45, 2.75) is 6.92 Å². The van der Waals surface area contributed by atoms with Crippen molar-refractivity contribution in [3.05, 3.63) is 65.4 Å². The SMILES string of the molecule is Cc1nc(-c2cccnc2)sc1C(=O)N1CCN(c2ccccc2)CC1. The third kappa shape index (κ3) is 3.32. The minimum atomic E-state index is 0.0860. The van der Waals surface area contributed by atoms with Crippen molar-refractivity contribution >= 4 is 22.9 Å². The van der Waals surface area contributed by atoms with Gasteiger partial charge in [-0.3, -0.25) is 9.78 Å². The normalized spacial score (nSPS) is 14.5. The Kier molecular flexibility index (Phi) is 4.67. The van der Waals surface area contributed by atoms with Crippen molar-refractivity contribution in [1.82, 2.24) is 14.9 Å². The average molecular weight is 364 g/mol. The van der Waals surface area contributed by atoms with Gasteiger partial charge >= 0.3 is 0 Å². The Hall–Kier alpha value is -2.73. The Labute approximate surface area is 156 Å². The molecule has 3 aromatic rings. The molecule has 0 aliphatic carbocycles. The van der Waals surface area contributed by atoms with E-state index in [1.54, 1.807) is 12.4 Å². The number of aryl methyl sites for hydroxylation is 1. The van der Waals surface area contributed by atoms with Crippen molar-refractivity contribution in [2.24, 2.45) is 0 Å². The maximum Gasteiger partial charge on any atom is 0.265 e. The number of piperazine rings is 1. The van der Waals surface area contributed by atoms with Crippen LogP contribution in [-0.2, 0) is 0 Å². The molecule has 0 spiro atoms. The van der Waals surface area contributed by atoms with E-state index in [1.165, 1.54) is 17.0 Å². The van der Waals surface area contributed by atoms with Crippen LogP contribution in [0.4, 0.5) is 5.69 Å². The molecule has 0 radical (unpaired) electrons. The van der Waals surface area contributed by atoms with Gasteiger partial charge in [-0.2, -0.15) is 0 Å². The van der Waals surface area contributed by atoms with Crippen LogP contribution in [0.15, 0.2) is 54.9 Å². The number of anilines is 1. The third-order valence-corrected chi connectivity index (χ3v) is 5.78. The van der Waals surface area contributed by atoms with Gasteiger partial charge in [0.05, 0.1) is 5.69 Å². The smallest absolute Gasteiger partial charge is 0.265 e. The number of hydrogen-bond donors (Lipinski definition) is 0. The molecule has 0 N–H and O–H groups in total. The number of para-hydroxylation sites is 1. The maximum atomic E-state index is 13.0. The second-order valence-electron chi connectivity index (χ2n) is 6.29. The highest BCUT2D eigenvalue weighted by Crippen LogP contribution is 2.28. The first-order valence-electron chi connectivity index (χ1n) is 8.69. The molecule has 0 bridgehead atoms. The number of hydrogen-bond acceptors (Lipinski definition) is 5. The van der Waals surface area contributed by atoms with Crippen LogP contribution >= 0.6 is 11.3 Å². The second-order valence-corrected chi connectivity index (χ2v) is 7.29. The Morgan fingerprint density at radius 3 is 2.50 bits per heavy atom. The lowest BCUT2D eigenvalue weighted by molar-refractivity contribution is 0.0750. The largest absolute Gasteiger partial charge is 0.368 e. The second kappa shape index (κ2) is 7.25. The van der Waals surface area contributed by atoms with Crippen LogP contribution in [0.1, 0.15) is 15.4 Å². The number of amides is 1. The summed E-state index contributed by atoms with van der Waals surface area (Å²) in [7, 11) is 0. The van der Waals surface area contributed by atoms with Crippen LogP contribution in [0.25, 0.3) is 10.6 Å². The minimum Gasteiger partial charge on any atom is -0.368 e. The summed E-state index contributed by atoms with van der Waals surface area (Å²) in [5.41, 5.74) is 2.96. The van der Waals surface area contributed by atoms with Gasteiger partial charge in [0.25, 0.3) is 5.91 Å². The van der Waals surface area contributed by atoms with Crippen LogP contribution in [0.5, 0.6) is 0 Å². The average Bonchev–Trinajstić information content (AvgIpc) is 3.10. The van der Waals surface area contributed by atoms with Gasteiger partial charge in [0.15, 0.2) is 0 Å². The first-order chi connectivity index (χ1) is 12.7. The molecular weight excluding hydrogens is 344 g/mol. The van der Waals surface area contributed by atoms with Gasteiger partial charge in [-0.05, 0) is 31.2 Å². The summed E-state index contributed by atoms with van der Waals surface area (Å²) in [6.07, 6.45) is 3.52. The number of carbonyl (C=O) groups excluding carboxylic acids is 1. The Balaban J connectivity index is 1.47. The summed E-state index contributed by atoms with van der Waals surface area (Å²) in [6, 6.07) is 14.2. The molecule has 0 saturated carbocycles. The molecule has 1 fully saturated rings. The summed E-state index contributed by atoms with van der Waals surface area (Å²) in [6.45, 7) is 5.07. The molecular formula is C20H20N4OS. The zero-order valence-electron chi connectivity index (χ0n) is 14.6. The van der Waals surface area contributed by atoms with Gasteiger partial charge in [0.2, 0.25) is 0 Å². The van der Waals surface area contributed by atoms with Crippen molar-refractivity contribution < 1.29 is 4.79 Å². The molecule has 26 heavy (non-hydrogen) atoms. The van der Waals surface area contributed by atoms with E-state index < -0.39 is 0 Å². The molecule has 6 heteroatoms. The van der Waals surface area contributed by atoms with E-state index in [1.807, 2.05) is 42.2 Å². The first kappa shape index (κ1) is 16.7. The highest BCUT2D eigenvalue weighted by Gasteiger charge is 2.25. The fourth-order valence-electron chi connectivity index (χ4n) is 3.16. The van der Waals surface area contributed by atoms with Gasteiger partial charge in [-0.1, -0.05) is 18.2 Å². The number of rotatable bonds is 3. The van der Waals surface area contributed by atoms with Crippen LogP contribution < -0.4 is 4.90 Å². The van der Waals surface area contributed by atoms with Crippen molar-refractivity contribution in [1.29, 1.82) is 0 Å². The molecule has 5 nitrogen and oxygen atoms in total. The number of pyridine rings is 1. The Bertz CT molecular complexity index is 887. The zero-order valence-corrected chi connectivity index (χ0v) is 15.4. The predicted octanol–water partition coefficient (Wildman–Crippen LogP) is 3.48. The minimum absolute atomic E-state index is 0.0860. The first-order valence-corrected chi connectivity index (χ1v) is 9.51. The fraction of sp³-hybridized carbons (Fsp3) is 0.250. The number of thiazole rings is 1.